The van der Waals surface area contributed by atoms with E-state index in [1.54, 1.807) is 19.9 Å². The van der Waals surface area contributed by atoms with Gasteiger partial charge < -0.3 is 15.4 Å². The fourth-order valence-corrected chi connectivity index (χ4v) is 1.33. The normalized spacial score (nSPS) is 11.9. The summed E-state index contributed by atoms with van der Waals surface area (Å²) >= 11 is 0. The number of hydrogen-bond acceptors (Lipinski definition) is 3. The number of aryl methyl sites for hydroxylation is 1. The van der Waals surface area contributed by atoms with E-state index < -0.39 is 23.5 Å². The first kappa shape index (κ1) is 13.0. The Kier molecular flexibility index (Phi) is 4.03. The van der Waals surface area contributed by atoms with Crippen molar-refractivity contribution in [2.24, 2.45) is 0 Å². The third-order valence-electron chi connectivity index (χ3n) is 2.31. The maximum Gasteiger partial charge on any atom is 0.326 e. The summed E-state index contributed by atoms with van der Waals surface area (Å²) in [7, 11) is 0. The van der Waals surface area contributed by atoms with Crippen molar-refractivity contribution in [2.45, 2.75) is 26.3 Å². The summed E-state index contributed by atoms with van der Waals surface area (Å²) in [6, 6.07) is 1.97. The molecule has 0 saturated heterocycles. The number of aliphatic carboxylic acids is 1. The van der Waals surface area contributed by atoms with Gasteiger partial charge in [0.15, 0.2) is 0 Å². The number of amides is 1. The van der Waals surface area contributed by atoms with Gasteiger partial charge in [-0.2, -0.15) is 0 Å². The first-order valence-electron chi connectivity index (χ1n) is 5.19. The number of carboxylic acid groups (broad SMARTS) is 1. The Morgan fingerprint density at radius 3 is 2.59 bits per heavy atom. The fraction of sp³-hybridized carbons (Fsp3) is 0.364. The molecule has 6 nitrogen and oxygen atoms in total. The van der Waals surface area contributed by atoms with Crippen LogP contribution in [0.4, 0.5) is 0 Å². The second-order valence-corrected chi connectivity index (χ2v) is 3.66. The number of carboxylic acids is 1. The van der Waals surface area contributed by atoms with E-state index in [4.69, 9.17) is 5.11 Å². The zero-order valence-corrected chi connectivity index (χ0v) is 9.61. The molecule has 1 aromatic rings. The summed E-state index contributed by atoms with van der Waals surface area (Å²) in [5.74, 6) is -1.80. The molecule has 0 aliphatic heterocycles. The first-order valence-corrected chi connectivity index (χ1v) is 5.19. The van der Waals surface area contributed by atoms with Crippen LogP contribution in [-0.2, 0) is 4.79 Å². The van der Waals surface area contributed by atoms with Gasteiger partial charge >= 0.3 is 5.97 Å². The van der Waals surface area contributed by atoms with Crippen molar-refractivity contribution in [3.8, 4) is 0 Å². The van der Waals surface area contributed by atoms with Crippen LogP contribution in [0.15, 0.2) is 16.9 Å². The van der Waals surface area contributed by atoms with Gasteiger partial charge in [0, 0.05) is 5.69 Å². The van der Waals surface area contributed by atoms with Gasteiger partial charge in [-0.25, -0.2) is 4.79 Å². The molecule has 1 unspecified atom stereocenters. The van der Waals surface area contributed by atoms with Gasteiger partial charge in [0.05, 0.1) is 0 Å². The van der Waals surface area contributed by atoms with Crippen LogP contribution in [0, 0.1) is 6.92 Å². The van der Waals surface area contributed by atoms with Crippen LogP contribution in [0.1, 0.15) is 29.4 Å². The van der Waals surface area contributed by atoms with E-state index in [9.17, 15) is 14.4 Å². The van der Waals surface area contributed by atoms with E-state index in [0.717, 1.165) is 0 Å². The molecule has 3 N–H and O–H groups in total. The van der Waals surface area contributed by atoms with Gasteiger partial charge in [0.25, 0.3) is 11.5 Å². The van der Waals surface area contributed by atoms with Crippen LogP contribution in [0.3, 0.4) is 0 Å². The lowest BCUT2D eigenvalue weighted by molar-refractivity contribution is -0.139. The number of pyridine rings is 1. The number of carbonyl (C=O) groups excluding carboxylic acids is 1. The highest BCUT2D eigenvalue weighted by Crippen LogP contribution is 1.97. The van der Waals surface area contributed by atoms with Crippen molar-refractivity contribution in [3.63, 3.8) is 0 Å². The third kappa shape index (κ3) is 3.17. The average Bonchev–Trinajstić information content (AvgIpc) is 2.24. The Hall–Kier alpha value is -2.11. The molecule has 0 aliphatic carbocycles. The maximum atomic E-state index is 11.7. The summed E-state index contributed by atoms with van der Waals surface area (Å²) in [6.07, 6.45) is 0.255. The molecule has 17 heavy (non-hydrogen) atoms. The summed E-state index contributed by atoms with van der Waals surface area (Å²) in [4.78, 5) is 36.3. The van der Waals surface area contributed by atoms with Gasteiger partial charge in [0.1, 0.15) is 11.6 Å². The van der Waals surface area contributed by atoms with Crippen molar-refractivity contribution in [1.82, 2.24) is 10.3 Å². The van der Waals surface area contributed by atoms with Crippen LogP contribution in [0.25, 0.3) is 0 Å². The molecule has 0 saturated carbocycles. The third-order valence-corrected chi connectivity index (χ3v) is 2.31. The number of carbonyl (C=O) groups is 2. The molecular weight excluding hydrogens is 224 g/mol. The van der Waals surface area contributed by atoms with Crippen molar-refractivity contribution in [3.05, 3.63) is 33.7 Å². The Morgan fingerprint density at radius 1 is 1.47 bits per heavy atom. The molecule has 1 atom stereocenters. The van der Waals surface area contributed by atoms with Gasteiger partial charge in [-0.1, -0.05) is 6.92 Å². The number of rotatable bonds is 4. The quantitative estimate of drug-likeness (QED) is 0.701. The Balaban J connectivity index is 2.90. The minimum atomic E-state index is -1.12. The number of hydrogen-bond donors (Lipinski definition) is 3. The monoisotopic (exact) mass is 238 g/mol. The molecule has 1 aromatic heterocycles. The SMILES string of the molecule is CCC(NC(=O)c1ccc(C)[nH]c1=O)C(=O)O. The molecular formula is C11H14N2O4. The smallest absolute Gasteiger partial charge is 0.326 e. The lowest BCUT2D eigenvalue weighted by Crippen LogP contribution is -2.42. The van der Waals surface area contributed by atoms with E-state index in [1.165, 1.54) is 6.07 Å². The van der Waals surface area contributed by atoms with Crippen LogP contribution >= 0.6 is 0 Å². The van der Waals surface area contributed by atoms with Crippen LogP contribution in [-0.4, -0.2) is 28.0 Å². The zero-order chi connectivity index (χ0) is 13.0. The summed E-state index contributed by atoms with van der Waals surface area (Å²) in [6.45, 7) is 3.33. The molecule has 1 heterocycles. The van der Waals surface area contributed by atoms with E-state index in [0.29, 0.717) is 5.69 Å². The lowest BCUT2D eigenvalue weighted by Gasteiger charge is -2.11. The maximum absolute atomic E-state index is 11.7. The standard InChI is InChI=1S/C11H14N2O4/c1-3-8(11(16)17)13-10(15)7-5-4-6(2)12-9(7)14/h4-5,8H,3H2,1-2H3,(H,12,14)(H,13,15)(H,16,17). The minimum Gasteiger partial charge on any atom is -0.480 e. The van der Waals surface area contributed by atoms with Crippen LogP contribution in [0.5, 0.6) is 0 Å². The zero-order valence-electron chi connectivity index (χ0n) is 9.61. The molecule has 0 radical (unpaired) electrons. The Bertz CT molecular complexity index is 492. The topological polar surface area (TPSA) is 99.3 Å². The van der Waals surface area contributed by atoms with Crippen molar-refractivity contribution >= 4 is 11.9 Å². The Morgan fingerprint density at radius 2 is 2.12 bits per heavy atom. The minimum absolute atomic E-state index is 0.0877. The molecule has 0 aromatic carbocycles. The number of H-pyrrole nitrogens is 1. The molecule has 92 valence electrons. The lowest BCUT2D eigenvalue weighted by atomic mass is 10.2. The molecule has 1 amide bonds. The summed E-state index contributed by atoms with van der Waals surface area (Å²) in [5.41, 5.74) is 0.0230. The van der Waals surface area contributed by atoms with Crippen LogP contribution < -0.4 is 10.9 Å². The highest BCUT2D eigenvalue weighted by atomic mass is 16.4. The van der Waals surface area contributed by atoms with Gasteiger partial charge in [-0.15, -0.1) is 0 Å². The largest absolute Gasteiger partial charge is 0.480 e. The van der Waals surface area contributed by atoms with Crippen molar-refractivity contribution < 1.29 is 14.7 Å². The van der Waals surface area contributed by atoms with Gasteiger partial charge in [0.2, 0.25) is 0 Å². The number of nitrogens with one attached hydrogen (secondary N) is 2. The van der Waals surface area contributed by atoms with Crippen LogP contribution in [0.2, 0.25) is 0 Å². The second-order valence-electron chi connectivity index (χ2n) is 3.66. The average molecular weight is 238 g/mol. The number of aromatic amines is 1. The predicted octanol–water partition coefficient (Wildman–Crippen LogP) is 0.276. The number of aromatic nitrogens is 1. The van der Waals surface area contributed by atoms with E-state index in [-0.39, 0.29) is 12.0 Å². The summed E-state index contributed by atoms with van der Waals surface area (Å²) < 4.78 is 0. The van der Waals surface area contributed by atoms with Gasteiger partial charge in [-0.05, 0) is 25.5 Å². The van der Waals surface area contributed by atoms with Crippen molar-refractivity contribution in [1.29, 1.82) is 0 Å². The fourth-order valence-electron chi connectivity index (χ4n) is 1.33. The van der Waals surface area contributed by atoms with E-state index >= 15 is 0 Å². The Labute approximate surface area is 97.7 Å². The highest BCUT2D eigenvalue weighted by Gasteiger charge is 2.19. The molecule has 0 fully saturated rings. The molecule has 0 spiro atoms. The molecule has 0 bridgehead atoms. The van der Waals surface area contributed by atoms with E-state index in [1.807, 2.05) is 0 Å². The first-order chi connectivity index (χ1) is 7.95. The van der Waals surface area contributed by atoms with Crippen molar-refractivity contribution in [2.75, 3.05) is 0 Å². The van der Waals surface area contributed by atoms with Gasteiger partial charge in [-0.3, -0.25) is 9.59 Å². The second kappa shape index (κ2) is 5.29. The predicted molar refractivity (Wildman–Crippen MR) is 61.0 cm³/mol. The molecule has 6 heteroatoms. The molecule has 1 rings (SSSR count). The highest BCUT2D eigenvalue weighted by molar-refractivity contribution is 5.96. The van der Waals surface area contributed by atoms with E-state index in [2.05, 4.69) is 10.3 Å². The molecule has 0 aliphatic rings. The summed E-state index contributed by atoms with van der Waals surface area (Å²) in [5, 5.41) is 11.1.